The Morgan fingerprint density at radius 3 is 2.56 bits per heavy atom. The molecule has 4 rings (SSSR count). The standard InChI is InChI=1S/C24H19ClN2O4S/c1-2-30-22(28)15-27-19-13-12-16(25)14-21(19)32-24(27)26-23(29)18-10-6-7-11-20(18)31-17-8-4-3-5-9-17/h3-14H,2,15H2,1H3. The van der Waals surface area contributed by atoms with Gasteiger partial charge in [-0.3, -0.25) is 9.59 Å². The molecule has 0 N–H and O–H groups in total. The summed E-state index contributed by atoms with van der Waals surface area (Å²) in [5.41, 5.74) is 1.06. The van der Waals surface area contributed by atoms with Crippen LogP contribution in [-0.2, 0) is 16.1 Å². The zero-order valence-electron chi connectivity index (χ0n) is 17.2. The van der Waals surface area contributed by atoms with Gasteiger partial charge in [0.1, 0.15) is 18.0 Å². The lowest BCUT2D eigenvalue weighted by Gasteiger charge is -2.09. The van der Waals surface area contributed by atoms with Crippen LogP contribution in [0.5, 0.6) is 11.5 Å². The van der Waals surface area contributed by atoms with Gasteiger partial charge in [-0.05, 0) is 49.4 Å². The summed E-state index contributed by atoms with van der Waals surface area (Å²) < 4.78 is 13.5. The number of thiazole rings is 1. The molecule has 1 aromatic heterocycles. The number of ether oxygens (including phenoxy) is 2. The fourth-order valence-electron chi connectivity index (χ4n) is 3.12. The first-order chi connectivity index (χ1) is 15.5. The number of hydrogen-bond acceptors (Lipinski definition) is 5. The summed E-state index contributed by atoms with van der Waals surface area (Å²) in [7, 11) is 0. The van der Waals surface area contributed by atoms with E-state index in [1.54, 1.807) is 66.1 Å². The van der Waals surface area contributed by atoms with E-state index in [1.807, 2.05) is 18.2 Å². The van der Waals surface area contributed by atoms with Crippen molar-refractivity contribution in [3.63, 3.8) is 0 Å². The maximum atomic E-state index is 13.1. The van der Waals surface area contributed by atoms with Gasteiger partial charge in [0.15, 0.2) is 4.80 Å². The lowest BCUT2D eigenvalue weighted by atomic mass is 10.2. The van der Waals surface area contributed by atoms with Gasteiger partial charge in [-0.2, -0.15) is 4.99 Å². The number of esters is 1. The smallest absolute Gasteiger partial charge is 0.326 e. The number of hydrogen-bond donors (Lipinski definition) is 0. The molecule has 0 aliphatic rings. The summed E-state index contributed by atoms with van der Waals surface area (Å²) in [6.07, 6.45) is 0. The van der Waals surface area contributed by atoms with Crippen LogP contribution in [0, 0.1) is 0 Å². The number of carbonyl (C=O) groups excluding carboxylic acids is 2. The van der Waals surface area contributed by atoms with Gasteiger partial charge in [-0.15, -0.1) is 0 Å². The van der Waals surface area contributed by atoms with Crippen molar-refractivity contribution in [1.29, 1.82) is 0 Å². The van der Waals surface area contributed by atoms with Crippen LogP contribution in [0.4, 0.5) is 0 Å². The lowest BCUT2D eigenvalue weighted by molar-refractivity contribution is -0.143. The van der Waals surface area contributed by atoms with Crippen molar-refractivity contribution in [3.8, 4) is 11.5 Å². The quantitative estimate of drug-likeness (QED) is 0.354. The highest BCUT2D eigenvalue weighted by Crippen LogP contribution is 2.26. The fourth-order valence-corrected chi connectivity index (χ4v) is 4.42. The van der Waals surface area contributed by atoms with Crippen molar-refractivity contribution < 1.29 is 19.1 Å². The molecule has 0 fully saturated rings. The zero-order valence-corrected chi connectivity index (χ0v) is 18.7. The van der Waals surface area contributed by atoms with Crippen molar-refractivity contribution in [1.82, 2.24) is 4.57 Å². The molecular formula is C24H19ClN2O4S. The van der Waals surface area contributed by atoms with E-state index in [0.717, 1.165) is 10.2 Å². The number of aromatic nitrogens is 1. The number of para-hydroxylation sites is 2. The van der Waals surface area contributed by atoms with Gasteiger partial charge < -0.3 is 14.0 Å². The van der Waals surface area contributed by atoms with Crippen LogP contribution < -0.4 is 9.54 Å². The Labute approximate surface area is 193 Å². The Morgan fingerprint density at radius 2 is 1.78 bits per heavy atom. The topological polar surface area (TPSA) is 69.9 Å². The van der Waals surface area contributed by atoms with E-state index in [0.29, 0.717) is 26.9 Å². The van der Waals surface area contributed by atoms with Crippen molar-refractivity contribution in [3.05, 3.63) is 88.2 Å². The molecule has 162 valence electrons. The van der Waals surface area contributed by atoms with E-state index < -0.39 is 11.9 Å². The highest BCUT2D eigenvalue weighted by atomic mass is 35.5. The molecule has 0 unspecified atom stereocenters. The highest BCUT2D eigenvalue weighted by Gasteiger charge is 2.16. The van der Waals surface area contributed by atoms with Crippen LogP contribution in [0.15, 0.2) is 77.8 Å². The minimum atomic E-state index is -0.480. The average Bonchev–Trinajstić information content (AvgIpc) is 3.10. The molecule has 0 spiro atoms. The van der Waals surface area contributed by atoms with Gasteiger partial charge in [-0.1, -0.05) is 53.3 Å². The Hall–Kier alpha value is -3.42. The van der Waals surface area contributed by atoms with Crippen LogP contribution in [0.25, 0.3) is 10.2 Å². The SMILES string of the molecule is CCOC(=O)Cn1c(=NC(=O)c2ccccc2Oc2ccccc2)sc2cc(Cl)ccc21. The van der Waals surface area contributed by atoms with Gasteiger partial charge >= 0.3 is 5.97 Å². The molecule has 6 nitrogen and oxygen atoms in total. The molecule has 0 radical (unpaired) electrons. The molecule has 0 atom stereocenters. The molecule has 8 heteroatoms. The molecule has 32 heavy (non-hydrogen) atoms. The van der Waals surface area contributed by atoms with Gasteiger partial charge in [0, 0.05) is 5.02 Å². The third-order valence-electron chi connectivity index (χ3n) is 4.52. The fraction of sp³-hybridized carbons (Fsp3) is 0.125. The van der Waals surface area contributed by atoms with Crippen LogP contribution >= 0.6 is 22.9 Å². The summed E-state index contributed by atoms with van der Waals surface area (Å²) in [5, 5.41) is 0.557. The molecular weight excluding hydrogens is 448 g/mol. The first-order valence-corrected chi connectivity index (χ1v) is 11.1. The Balaban J connectivity index is 1.76. The number of fused-ring (bicyclic) bond motifs is 1. The molecule has 1 amide bonds. The molecule has 0 saturated carbocycles. The van der Waals surface area contributed by atoms with E-state index in [9.17, 15) is 9.59 Å². The van der Waals surface area contributed by atoms with Gasteiger partial charge in [0.05, 0.1) is 22.4 Å². The van der Waals surface area contributed by atoms with Crippen LogP contribution in [0.3, 0.4) is 0 Å². The lowest BCUT2D eigenvalue weighted by Crippen LogP contribution is -2.23. The predicted molar refractivity (Wildman–Crippen MR) is 124 cm³/mol. The Morgan fingerprint density at radius 1 is 1.03 bits per heavy atom. The highest BCUT2D eigenvalue weighted by molar-refractivity contribution is 7.16. The van der Waals surface area contributed by atoms with Crippen molar-refractivity contribution >= 4 is 45.0 Å². The average molecular weight is 467 g/mol. The molecule has 0 aliphatic carbocycles. The summed E-state index contributed by atoms with van der Waals surface area (Å²) in [6, 6.07) is 21.4. The summed E-state index contributed by atoms with van der Waals surface area (Å²) >= 11 is 7.40. The zero-order chi connectivity index (χ0) is 22.5. The van der Waals surface area contributed by atoms with E-state index in [4.69, 9.17) is 21.1 Å². The molecule has 0 saturated heterocycles. The molecule has 1 heterocycles. The second-order valence-electron chi connectivity index (χ2n) is 6.72. The van der Waals surface area contributed by atoms with E-state index in [2.05, 4.69) is 4.99 Å². The molecule has 0 aliphatic heterocycles. The van der Waals surface area contributed by atoms with Gasteiger partial charge in [0.25, 0.3) is 5.91 Å². The second-order valence-corrected chi connectivity index (χ2v) is 8.16. The predicted octanol–water partition coefficient (Wildman–Crippen LogP) is 5.45. The molecule has 4 aromatic rings. The van der Waals surface area contributed by atoms with Crippen molar-refractivity contribution in [2.24, 2.45) is 4.99 Å². The molecule has 3 aromatic carbocycles. The number of carbonyl (C=O) groups is 2. The summed E-state index contributed by atoms with van der Waals surface area (Å²) in [4.78, 5) is 30.0. The normalized spacial score (nSPS) is 11.5. The minimum Gasteiger partial charge on any atom is -0.465 e. The Kier molecular flexibility index (Phi) is 6.68. The first kappa shape index (κ1) is 21.8. The van der Waals surface area contributed by atoms with Crippen LogP contribution in [0.2, 0.25) is 5.02 Å². The number of halogens is 1. The van der Waals surface area contributed by atoms with Gasteiger partial charge in [-0.25, -0.2) is 0 Å². The number of nitrogens with zero attached hydrogens (tertiary/aromatic N) is 2. The maximum absolute atomic E-state index is 13.1. The van der Waals surface area contributed by atoms with Crippen LogP contribution in [-0.4, -0.2) is 23.1 Å². The second kappa shape index (κ2) is 9.80. The third kappa shape index (κ3) is 4.90. The maximum Gasteiger partial charge on any atom is 0.326 e. The van der Waals surface area contributed by atoms with Gasteiger partial charge in [0.2, 0.25) is 0 Å². The number of amides is 1. The van der Waals surface area contributed by atoms with Crippen molar-refractivity contribution in [2.75, 3.05) is 6.61 Å². The molecule has 0 bridgehead atoms. The summed E-state index contributed by atoms with van der Waals surface area (Å²) in [6.45, 7) is 1.94. The van der Waals surface area contributed by atoms with E-state index in [1.165, 1.54) is 11.3 Å². The Bertz CT molecular complexity index is 1350. The largest absolute Gasteiger partial charge is 0.465 e. The van der Waals surface area contributed by atoms with Crippen LogP contribution in [0.1, 0.15) is 17.3 Å². The van der Waals surface area contributed by atoms with Crippen molar-refractivity contribution in [2.45, 2.75) is 13.5 Å². The third-order valence-corrected chi connectivity index (χ3v) is 5.80. The van der Waals surface area contributed by atoms with E-state index >= 15 is 0 Å². The monoisotopic (exact) mass is 466 g/mol. The minimum absolute atomic E-state index is 0.0657. The first-order valence-electron chi connectivity index (χ1n) is 9.90. The van der Waals surface area contributed by atoms with E-state index in [-0.39, 0.29) is 13.2 Å². The number of rotatable bonds is 6. The summed E-state index contributed by atoms with van der Waals surface area (Å²) in [5.74, 6) is 0.117. The number of benzene rings is 3.